The molecule has 0 aliphatic rings. The number of carbonyl (C=O) groups is 1. The van der Waals surface area contributed by atoms with Crippen LogP contribution in [0, 0.1) is 11.8 Å². The SMILES string of the molecule is CNC(=O)CCC#CCn1ccnc1. The third kappa shape index (κ3) is 3.76. The van der Waals surface area contributed by atoms with E-state index in [2.05, 4.69) is 22.1 Å². The zero-order valence-corrected chi connectivity index (χ0v) is 8.16. The van der Waals surface area contributed by atoms with Gasteiger partial charge in [0.15, 0.2) is 0 Å². The van der Waals surface area contributed by atoms with E-state index in [0.29, 0.717) is 19.4 Å². The molecule has 1 rings (SSSR count). The number of aromatic nitrogens is 2. The van der Waals surface area contributed by atoms with Gasteiger partial charge in [0.1, 0.15) is 0 Å². The van der Waals surface area contributed by atoms with Crippen LogP contribution in [0.3, 0.4) is 0 Å². The van der Waals surface area contributed by atoms with Gasteiger partial charge in [-0.25, -0.2) is 4.98 Å². The van der Waals surface area contributed by atoms with Crippen LogP contribution in [-0.4, -0.2) is 22.5 Å². The first-order chi connectivity index (χ1) is 6.83. The van der Waals surface area contributed by atoms with Gasteiger partial charge in [0.25, 0.3) is 0 Å². The van der Waals surface area contributed by atoms with Gasteiger partial charge in [-0.2, -0.15) is 0 Å². The molecule has 0 saturated carbocycles. The number of carbonyl (C=O) groups excluding carboxylic acids is 1. The van der Waals surface area contributed by atoms with E-state index >= 15 is 0 Å². The summed E-state index contributed by atoms with van der Waals surface area (Å²) in [5.74, 6) is 5.92. The van der Waals surface area contributed by atoms with Gasteiger partial charge in [-0.15, -0.1) is 5.92 Å². The summed E-state index contributed by atoms with van der Waals surface area (Å²) in [5.41, 5.74) is 0. The average molecular weight is 191 g/mol. The number of hydrogen-bond donors (Lipinski definition) is 1. The fraction of sp³-hybridized carbons (Fsp3) is 0.400. The van der Waals surface area contributed by atoms with Crippen molar-refractivity contribution in [2.24, 2.45) is 0 Å². The van der Waals surface area contributed by atoms with E-state index in [-0.39, 0.29) is 5.91 Å². The Kier molecular flexibility index (Phi) is 4.29. The van der Waals surface area contributed by atoms with Crippen molar-refractivity contribution in [3.8, 4) is 11.8 Å². The largest absolute Gasteiger partial charge is 0.359 e. The molecule has 0 aromatic carbocycles. The highest BCUT2D eigenvalue weighted by Crippen LogP contribution is 1.87. The molecule has 4 heteroatoms. The Balaban J connectivity index is 2.18. The van der Waals surface area contributed by atoms with Crippen LogP contribution >= 0.6 is 0 Å². The third-order valence-electron chi connectivity index (χ3n) is 1.70. The average Bonchev–Trinajstić information content (AvgIpc) is 2.69. The molecule has 0 fully saturated rings. The molecule has 1 aromatic rings. The van der Waals surface area contributed by atoms with Crippen molar-refractivity contribution >= 4 is 5.91 Å². The molecule has 1 amide bonds. The second-order valence-electron chi connectivity index (χ2n) is 2.76. The van der Waals surface area contributed by atoms with Crippen molar-refractivity contribution in [3.05, 3.63) is 18.7 Å². The summed E-state index contributed by atoms with van der Waals surface area (Å²) >= 11 is 0. The molecule has 0 spiro atoms. The molecule has 0 aliphatic carbocycles. The molecule has 1 N–H and O–H groups in total. The van der Waals surface area contributed by atoms with Crippen LogP contribution in [0.15, 0.2) is 18.7 Å². The molecule has 1 heterocycles. The summed E-state index contributed by atoms with van der Waals surface area (Å²) in [6.07, 6.45) is 6.36. The van der Waals surface area contributed by atoms with Gasteiger partial charge >= 0.3 is 0 Å². The van der Waals surface area contributed by atoms with Crippen molar-refractivity contribution in [2.45, 2.75) is 19.4 Å². The molecule has 14 heavy (non-hydrogen) atoms. The summed E-state index contributed by atoms with van der Waals surface area (Å²) in [7, 11) is 1.63. The zero-order chi connectivity index (χ0) is 10.2. The summed E-state index contributed by atoms with van der Waals surface area (Å²) < 4.78 is 1.88. The van der Waals surface area contributed by atoms with Crippen LogP contribution < -0.4 is 5.32 Å². The van der Waals surface area contributed by atoms with Crippen molar-refractivity contribution in [1.29, 1.82) is 0 Å². The number of imidazole rings is 1. The van der Waals surface area contributed by atoms with Crippen LogP contribution in [0.5, 0.6) is 0 Å². The fourth-order valence-corrected chi connectivity index (χ4v) is 0.917. The fourth-order valence-electron chi connectivity index (χ4n) is 0.917. The van der Waals surface area contributed by atoms with Gasteiger partial charge in [0.2, 0.25) is 5.91 Å². The van der Waals surface area contributed by atoms with Crippen LogP contribution in [0.4, 0.5) is 0 Å². The molecule has 0 aliphatic heterocycles. The molecular weight excluding hydrogens is 178 g/mol. The summed E-state index contributed by atoms with van der Waals surface area (Å²) in [6, 6.07) is 0. The lowest BCUT2D eigenvalue weighted by atomic mass is 10.3. The summed E-state index contributed by atoms with van der Waals surface area (Å²) in [4.78, 5) is 14.7. The van der Waals surface area contributed by atoms with E-state index in [9.17, 15) is 4.79 Å². The van der Waals surface area contributed by atoms with Gasteiger partial charge in [-0.1, -0.05) is 5.92 Å². The van der Waals surface area contributed by atoms with Crippen LogP contribution in [0.1, 0.15) is 12.8 Å². The smallest absolute Gasteiger partial charge is 0.220 e. The molecule has 74 valence electrons. The molecule has 0 radical (unpaired) electrons. The van der Waals surface area contributed by atoms with E-state index in [1.807, 2.05) is 10.8 Å². The lowest BCUT2D eigenvalue weighted by molar-refractivity contribution is -0.120. The molecule has 0 bridgehead atoms. The van der Waals surface area contributed by atoms with Gasteiger partial charge in [-0.3, -0.25) is 4.79 Å². The minimum absolute atomic E-state index is 0.0296. The number of hydrogen-bond acceptors (Lipinski definition) is 2. The Hall–Kier alpha value is -1.76. The van der Waals surface area contributed by atoms with Crippen molar-refractivity contribution in [2.75, 3.05) is 7.05 Å². The molecule has 0 saturated heterocycles. The molecular formula is C10H13N3O. The minimum Gasteiger partial charge on any atom is -0.359 e. The lowest BCUT2D eigenvalue weighted by Crippen LogP contribution is -2.16. The maximum absolute atomic E-state index is 10.8. The second-order valence-corrected chi connectivity index (χ2v) is 2.76. The zero-order valence-electron chi connectivity index (χ0n) is 8.16. The highest BCUT2D eigenvalue weighted by atomic mass is 16.1. The quantitative estimate of drug-likeness (QED) is 0.703. The Morgan fingerprint density at radius 1 is 1.57 bits per heavy atom. The first-order valence-electron chi connectivity index (χ1n) is 4.45. The normalized spacial score (nSPS) is 8.93. The Morgan fingerprint density at radius 2 is 2.43 bits per heavy atom. The van der Waals surface area contributed by atoms with Crippen LogP contribution in [0.25, 0.3) is 0 Å². The van der Waals surface area contributed by atoms with Crippen molar-refractivity contribution in [3.63, 3.8) is 0 Å². The number of nitrogens with one attached hydrogen (secondary N) is 1. The van der Waals surface area contributed by atoms with Crippen molar-refractivity contribution < 1.29 is 4.79 Å². The highest BCUT2D eigenvalue weighted by Gasteiger charge is 1.92. The number of amides is 1. The monoisotopic (exact) mass is 191 g/mol. The number of nitrogens with zero attached hydrogens (tertiary/aromatic N) is 2. The van der Waals surface area contributed by atoms with E-state index < -0.39 is 0 Å². The minimum atomic E-state index is 0.0296. The summed E-state index contributed by atoms with van der Waals surface area (Å²) in [5, 5.41) is 2.55. The highest BCUT2D eigenvalue weighted by molar-refractivity contribution is 5.75. The molecule has 0 unspecified atom stereocenters. The van der Waals surface area contributed by atoms with E-state index in [1.165, 1.54) is 0 Å². The van der Waals surface area contributed by atoms with Crippen LogP contribution in [-0.2, 0) is 11.3 Å². The predicted octanol–water partition coefficient (Wildman–Crippen LogP) is 0.413. The number of rotatable bonds is 3. The van der Waals surface area contributed by atoms with Gasteiger partial charge in [0, 0.05) is 32.3 Å². The van der Waals surface area contributed by atoms with Crippen LogP contribution in [0.2, 0.25) is 0 Å². The first-order valence-corrected chi connectivity index (χ1v) is 4.45. The maximum Gasteiger partial charge on any atom is 0.220 e. The lowest BCUT2D eigenvalue weighted by Gasteiger charge is -1.93. The Bertz CT molecular complexity index is 332. The molecule has 1 aromatic heterocycles. The summed E-state index contributed by atoms with van der Waals surface area (Å²) in [6.45, 7) is 0.633. The van der Waals surface area contributed by atoms with Gasteiger partial charge < -0.3 is 9.88 Å². The second kappa shape index (κ2) is 5.81. The van der Waals surface area contributed by atoms with Gasteiger partial charge in [0.05, 0.1) is 12.9 Å². The Morgan fingerprint density at radius 3 is 3.07 bits per heavy atom. The van der Waals surface area contributed by atoms with E-state index in [1.54, 1.807) is 19.6 Å². The van der Waals surface area contributed by atoms with Gasteiger partial charge in [-0.05, 0) is 0 Å². The van der Waals surface area contributed by atoms with E-state index in [0.717, 1.165) is 0 Å². The Labute approximate surface area is 83.3 Å². The standard InChI is InChI=1S/C10H13N3O/c1-11-10(14)5-3-2-4-7-13-8-6-12-9-13/h6,8-9H,3,5,7H2,1H3,(H,11,14). The third-order valence-corrected chi connectivity index (χ3v) is 1.70. The first kappa shape index (κ1) is 10.3. The molecule has 0 atom stereocenters. The van der Waals surface area contributed by atoms with Crippen molar-refractivity contribution in [1.82, 2.24) is 14.9 Å². The molecule has 4 nitrogen and oxygen atoms in total. The van der Waals surface area contributed by atoms with E-state index in [4.69, 9.17) is 0 Å². The maximum atomic E-state index is 10.8. The predicted molar refractivity (Wildman–Crippen MR) is 53.3 cm³/mol. The topological polar surface area (TPSA) is 46.9 Å².